The van der Waals surface area contributed by atoms with Gasteiger partial charge in [0.1, 0.15) is 11.9 Å². The molecule has 0 amide bonds. The molecular formula is C13H13BrN2O2. The summed E-state index contributed by atoms with van der Waals surface area (Å²) >= 11 is 3.39. The third kappa shape index (κ3) is 2.01. The van der Waals surface area contributed by atoms with E-state index in [2.05, 4.69) is 26.9 Å². The minimum Gasteiger partial charge on any atom is -0.488 e. The number of likely N-dealkylation sites (tertiary alicyclic amines) is 1. The highest BCUT2D eigenvalue weighted by atomic mass is 79.9. The summed E-state index contributed by atoms with van der Waals surface area (Å²) in [6, 6.07) is 10.2. The highest BCUT2D eigenvalue weighted by Gasteiger charge is 2.50. The van der Waals surface area contributed by atoms with Crippen LogP contribution in [-0.2, 0) is 4.74 Å². The summed E-state index contributed by atoms with van der Waals surface area (Å²) < 4.78 is 12.0. The molecule has 2 fully saturated rings. The second-order valence-electron chi connectivity index (χ2n) is 4.73. The van der Waals surface area contributed by atoms with E-state index in [0.717, 1.165) is 23.3 Å². The lowest BCUT2D eigenvalue weighted by Gasteiger charge is -2.51. The van der Waals surface area contributed by atoms with Crippen molar-refractivity contribution in [2.24, 2.45) is 0 Å². The van der Waals surface area contributed by atoms with Crippen LogP contribution in [0.3, 0.4) is 0 Å². The molecule has 0 spiro atoms. The molecule has 18 heavy (non-hydrogen) atoms. The minimum absolute atomic E-state index is 0.178. The number of halogens is 1. The van der Waals surface area contributed by atoms with Crippen molar-refractivity contribution in [3.05, 3.63) is 28.7 Å². The Kier molecular flexibility index (Phi) is 3.02. The van der Waals surface area contributed by atoms with Crippen molar-refractivity contribution in [1.82, 2.24) is 4.90 Å². The van der Waals surface area contributed by atoms with Gasteiger partial charge in [0.05, 0.1) is 19.3 Å². The quantitative estimate of drug-likeness (QED) is 0.854. The lowest BCUT2D eigenvalue weighted by atomic mass is 9.92. The van der Waals surface area contributed by atoms with Gasteiger partial charge in [0.25, 0.3) is 0 Å². The average Bonchev–Trinajstić information content (AvgIpc) is 2.27. The van der Waals surface area contributed by atoms with Gasteiger partial charge in [0, 0.05) is 17.6 Å². The molecule has 2 heterocycles. The molecular weight excluding hydrogens is 296 g/mol. The summed E-state index contributed by atoms with van der Waals surface area (Å²) in [6.07, 6.45) is 0.178. The number of hydrogen-bond acceptors (Lipinski definition) is 4. The van der Waals surface area contributed by atoms with Gasteiger partial charge in [-0.2, -0.15) is 5.26 Å². The summed E-state index contributed by atoms with van der Waals surface area (Å²) in [5.74, 6) is 0.874. The van der Waals surface area contributed by atoms with Crippen molar-refractivity contribution < 1.29 is 9.47 Å². The van der Waals surface area contributed by atoms with Gasteiger partial charge in [-0.1, -0.05) is 15.9 Å². The van der Waals surface area contributed by atoms with Crippen molar-refractivity contribution in [3.63, 3.8) is 0 Å². The molecule has 0 aromatic heterocycles. The summed E-state index contributed by atoms with van der Waals surface area (Å²) in [6.45, 7) is 2.64. The first-order valence-corrected chi connectivity index (χ1v) is 6.67. The van der Waals surface area contributed by atoms with E-state index in [4.69, 9.17) is 14.7 Å². The smallest absolute Gasteiger partial charge is 0.156 e. The van der Waals surface area contributed by atoms with Crippen LogP contribution >= 0.6 is 15.9 Å². The van der Waals surface area contributed by atoms with E-state index in [1.807, 2.05) is 24.3 Å². The SMILES string of the molecule is N#CC1(N2CC(Oc3ccc(Br)cc3)C2)COC1. The fourth-order valence-corrected chi connectivity index (χ4v) is 2.45. The van der Waals surface area contributed by atoms with Crippen molar-refractivity contribution in [2.45, 2.75) is 11.6 Å². The summed E-state index contributed by atoms with van der Waals surface area (Å²) in [5.41, 5.74) is -0.389. The van der Waals surface area contributed by atoms with Crippen molar-refractivity contribution >= 4 is 15.9 Å². The van der Waals surface area contributed by atoms with Crippen molar-refractivity contribution in [3.8, 4) is 11.8 Å². The van der Waals surface area contributed by atoms with Gasteiger partial charge in [-0.3, -0.25) is 4.90 Å². The number of rotatable bonds is 3. The predicted octanol–water partition coefficient (Wildman–Crippen LogP) is 1.80. The zero-order chi connectivity index (χ0) is 12.6. The maximum absolute atomic E-state index is 9.16. The Labute approximate surface area is 114 Å². The standard InChI is InChI=1S/C13H13BrN2O2/c14-10-1-3-11(4-2-10)18-12-5-16(6-12)13(7-15)8-17-9-13/h1-4,12H,5-6,8-9H2. The number of hydrogen-bond donors (Lipinski definition) is 0. The highest BCUT2D eigenvalue weighted by molar-refractivity contribution is 9.10. The largest absolute Gasteiger partial charge is 0.488 e. The van der Waals surface area contributed by atoms with Crippen LogP contribution in [0.25, 0.3) is 0 Å². The molecule has 0 saturated carbocycles. The molecule has 3 rings (SSSR count). The fraction of sp³-hybridized carbons (Fsp3) is 0.462. The molecule has 0 aliphatic carbocycles. The molecule has 5 heteroatoms. The van der Waals surface area contributed by atoms with Gasteiger partial charge in [-0.05, 0) is 24.3 Å². The molecule has 0 atom stereocenters. The van der Waals surface area contributed by atoms with Crippen LogP contribution < -0.4 is 4.74 Å². The van der Waals surface area contributed by atoms with Crippen LogP contribution in [0.2, 0.25) is 0 Å². The van der Waals surface area contributed by atoms with Crippen LogP contribution in [0.15, 0.2) is 28.7 Å². The van der Waals surface area contributed by atoms with Gasteiger partial charge in [-0.15, -0.1) is 0 Å². The molecule has 0 radical (unpaired) electrons. The van der Waals surface area contributed by atoms with Gasteiger partial charge < -0.3 is 9.47 Å². The zero-order valence-electron chi connectivity index (χ0n) is 9.80. The van der Waals surface area contributed by atoms with Crippen LogP contribution in [0, 0.1) is 11.3 Å². The third-order valence-corrected chi connectivity index (χ3v) is 3.99. The zero-order valence-corrected chi connectivity index (χ0v) is 11.4. The molecule has 4 nitrogen and oxygen atoms in total. The molecule has 2 aliphatic rings. The van der Waals surface area contributed by atoms with Crippen LogP contribution in [-0.4, -0.2) is 42.8 Å². The Bertz CT molecular complexity index is 473. The topological polar surface area (TPSA) is 45.5 Å². The maximum atomic E-state index is 9.16. The Morgan fingerprint density at radius 1 is 1.33 bits per heavy atom. The van der Waals surface area contributed by atoms with Crippen molar-refractivity contribution in [1.29, 1.82) is 5.26 Å². The Morgan fingerprint density at radius 2 is 2.00 bits per heavy atom. The average molecular weight is 309 g/mol. The number of benzene rings is 1. The second kappa shape index (κ2) is 4.54. The first kappa shape index (κ1) is 12.0. The number of nitriles is 1. The summed E-state index contributed by atoms with van der Waals surface area (Å²) in [5, 5.41) is 9.16. The molecule has 94 valence electrons. The molecule has 2 saturated heterocycles. The van der Waals surface area contributed by atoms with E-state index in [0.29, 0.717) is 13.2 Å². The predicted molar refractivity (Wildman–Crippen MR) is 69.3 cm³/mol. The monoisotopic (exact) mass is 308 g/mol. The van der Waals surface area contributed by atoms with Crippen molar-refractivity contribution in [2.75, 3.05) is 26.3 Å². The van der Waals surface area contributed by atoms with E-state index in [1.54, 1.807) is 0 Å². The molecule has 1 aromatic carbocycles. The van der Waals surface area contributed by atoms with E-state index in [9.17, 15) is 0 Å². The first-order chi connectivity index (χ1) is 8.72. The van der Waals surface area contributed by atoms with E-state index < -0.39 is 0 Å². The van der Waals surface area contributed by atoms with Gasteiger partial charge >= 0.3 is 0 Å². The molecule has 2 aliphatic heterocycles. The minimum atomic E-state index is -0.389. The van der Waals surface area contributed by atoms with Gasteiger partial charge in [-0.25, -0.2) is 0 Å². The van der Waals surface area contributed by atoms with E-state index >= 15 is 0 Å². The van der Waals surface area contributed by atoms with Crippen LogP contribution in [0.5, 0.6) is 5.75 Å². The van der Waals surface area contributed by atoms with Crippen LogP contribution in [0.1, 0.15) is 0 Å². The fourth-order valence-electron chi connectivity index (χ4n) is 2.18. The second-order valence-corrected chi connectivity index (χ2v) is 5.65. The Morgan fingerprint density at radius 3 is 2.50 bits per heavy atom. The Hall–Kier alpha value is -1.09. The summed E-state index contributed by atoms with van der Waals surface area (Å²) in [4.78, 5) is 2.14. The maximum Gasteiger partial charge on any atom is 0.156 e. The number of ether oxygens (including phenoxy) is 2. The summed E-state index contributed by atoms with van der Waals surface area (Å²) in [7, 11) is 0. The first-order valence-electron chi connectivity index (χ1n) is 5.88. The number of nitrogens with zero attached hydrogens (tertiary/aromatic N) is 2. The lowest BCUT2D eigenvalue weighted by Crippen LogP contribution is -2.70. The molecule has 0 unspecified atom stereocenters. The van der Waals surface area contributed by atoms with Gasteiger partial charge in [0.15, 0.2) is 5.54 Å². The molecule has 0 N–H and O–H groups in total. The normalized spacial score (nSPS) is 22.7. The van der Waals surface area contributed by atoms with E-state index in [1.165, 1.54) is 0 Å². The third-order valence-electron chi connectivity index (χ3n) is 3.46. The lowest BCUT2D eigenvalue weighted by molar-refractivity contribution is -0.153. The highest BCUT2D eigenvalue weighted by Crippen LogP contribution is 2.30. The molecule has 0 bridgehead atoms. The molecule has 1 aromatic rings. The van der Waals surface area contributed by atoms with Gasteiger partial charge in [0.2, 0.25) is 0 Å². The Balaban J connectivity index is 1.54. The van der Waals surface area contributed by atoms with Crippen LogP contribution in [0.4, 0.5) is 0 Å². The van der Waals surface area contributed by atoms with E-state index in [-0.39, 0.29) is 11.6 Å².